The summed E-state index contributed by atoms with van der Waals surface area (Å²) in [6, 6.07) is 5.92. The maximum absolute atomic E-state index is 13.1. The van der Waals surface area contributed by atoms with Gasteiger partial charge in [0, 0.05) is 49.8 Å². The van der Waals surface area contributed by atoms with E-state index in [9.17, 15) is 13.2 Å². The first kappa shape index (κ1) is 17.6. The number of hydrogen-bond donors (Lipinski definition) is 0. The predicted octanol–water partition coefficient (Wildman–Crippen LogP) is 5.13. The fraction of sp³-hybridized carbons (Fsp3) is 0.471. The second kappa shape index (κ2) is 6.84. The van der Waals surface area contributed by atoms with E-state index in [4.69, 9.17) is 10.8 Å². The first-order valence-electron chi connectivity index (χ1n) is 8.70. The van der Waals surface area contributed by atoms with Gasteiger partial charge in [-0.15, -0.1) is 21.6 Å². The molecule has 2 aromatic rings. The molecule has 1 aromatic heterocycles. The summed E-state index contributed by atoms with van der Waals surface area (Å²) in [4.78, 5) is 5.78. The van der Waals surface area contributed by atoms with Gasteiger partial charge in [-0.2, -0.15) is 13.2 Å². The van der Waals surface area contributed by atoms with Crippen LogP contribution in [0.25, 0.3) is 0 Å². The highest BCUT2D eigenvalue weighted by Crippen LogP contribution is 2.52. The molecule has 0 bridgehead atoms. The van der Waals surface area contributed by atoms with Crippen LogP contribution in [0.5, 0.6) is 0 Å². The number of thiazole rings is 1. The van der Waals surface area contributed by atoms with E-state index in [2.05, 4.69) is 15.2 Å². The zero-order valence-electron chi connectivity index (χ0n) is 15.2. The summed E-state index contributed by atoms with van der Waals surface area (Å²) in [6.45, 7) is 1.12. The van der Waals surface area contributed by atoms with Gasteiger partial charge < -0.3 is 9.47 Å². The molecule has 27 heavy (non-hydrogen) atoms. The standard InChI is InChI=1S/C17H16F3N3O2S2/c1-24-15(6-8-25-9-7-15)13-10-21-14(27-13)26-12-4-2-11(3-5-12)16(22-23-16)17(18,19)20/h2-5,10H,6-9H2,1H3/i10D. The Hall–Kier alpha value is -1.49. The fourth-order valence-corrected chi connectivity index (χ4v) is 5.09. The molecule has 1 fully saturated rings. The van der Waals surface area contributed by atoms with Gasteiger partial charge in [0.2, 0.25) is 0 Å². The average Bonchev–Trinajstić information content (AvgIpc) is 3.42. The summed E-state index contributed by atoms with van der Waals surface area (Å²) in [5.74, 6) is 0. The summed E-state index contributed by atoms with van der Waals surface area (Å²) >= 11 is 2.68. The van der Waals surface area contributed by atoms with Gasteiger partial charge in [0.25, 0.3) is 0 Å². The summed E-state index contributed by atoms with van der Waals surface area (Å²) in [5, 5.41) is 6.41. The van der Waals surface area contributed by atoms with Crippen molar-refractivity contribution in [2.75, 3.05) is 20.3 Å². The molecule has 0 atom stereocenters. The van der Waals surface area contributed by atoms with Crippen molar-refractivity contribution in [1.29, 1.82) is 0 Å². The molecule has 0 unspecified atom stereocenters. The molecule has 1 saturated heterocycles. The van der Waals surface area contributed by atoms with Gasteiger partial charge in [-0.1, -0.05) is 23.9 Å². The summed E-state index contributed by atoms with van der Waals surface area (Å²) < 4.78 is 59.2. The molecule has 4 rings (SSSR count). The summed E-state index contributed by atoms with van der Waals surface area (Å²) in [5.41, 5.74) is -2.98. The number of aromatic nitrogens is 1. The molecular formula is C17H16F3N3O2S2. The number of ether oxygens (including phenoxy) is 2. The lowest BCUT2D eigenvalue weighted by Crippen LogP contribution is -2.34. The van der Waals surface area contributed by atoms with E-state index in [1.54, 1.807) is 19.2 Å². The Morgan fingerprint density at radius 2 is 1.89 bits per heavy atom. The molecule has 10 heteroatoms. The van der Waals surface area contributed by atoms with Crippen molar-refractivity contribution in [1.82, 2.24) is 4.98 Å². The number of halogens is 3. The highest BCUT2D eigenvalue weighted by Gasteiger charge is 2.65. The minimum Gasteiger partial charge on any atom is -0.381 e. The Balaban J connectivity index is 1.53. The van der Waals surface area contributed by atoms with Crippen molar-refractivity contribution in [3.63, 3.8) is 0 Å². The molecule has 0 N–H and O–H groups in total. The Kier molecular flexibility index (Phi) is 4.46. The van der Waals surface area contributed by atoms with E-state index in [1.807, 2.05) is 0 Å². The van der Waals surface area contributed by atoms with Crippen LogP contribution in [0.4, 0.5) is 13.2 Å². The molecule has 0 amide bonds. The maximum atomic E-state index is 13.1. The van der Waals surface area contributed by atoms with Gasteiger partial charge >= 0.3 is 11.8 Å². The Labute approximate surface area is 163 Å². The van der Waals surface area contributed by atoms with Crippen LogP contribution >= 0.6 is 23.1 Å². The van der Waals surface area contributed by atoms with Crippen LogP contribution in [0.2, 0.25) is 0 Å². The Morgan fingerprint density at radius 3 is 2.44 bits per heavy atom. The Morgan fingerprint density at radius 1 is 1.22 bits per heavy atom. The number of nitrogens with zero attached hydrogens (tertiary/aromatic N) is 3. The third-order valence-corrected chi connectivity index (χ3v) is 6.91. The number of rotatable bonds is 5. The lowest BCUT2D eigenvalue weighted by atomic mass is 9.93. The van der Waals surface area contributed by atoms with Gasteiger partial charge in [0.1, 0.15) is 5.60 Å². The fourth-order valence-electron chi connectivity index (χ4n) is 2.99. The van der Waals surface area contributed by atoms with E-state index in [1.165, 1.54) is 35.2 Å². The Bertz CT molecular complexity index is 890. The van der Waals surface area contributed by atoms with Crippen molar-refractivity contribution in [2.24, 2.45) is 10.2 Å². The van der Waals surface area contributed by atoms with Gasteiger partial charge in [0.15, 0.2) is 4.34 Å². The first-order chi connectivity index (χ1) is 13.3. The largest absolute Gasteiger partial charge is 0.442 e. The second-order valence-corrected chi connectivity index (χ2v) is 8.55. The van der Waals surface area contributed by atoms with Crippen molar-refractivity contribution >= 4 is 23.1 Å². The van der Waals surface area contributed by atoms with Crippen molar-refractivity contribution in [3.05, 3.63) is 40.9 Å². The van der Waals surface area contributed by atoms with E-state index in [0.29, 0.717) is 30.4 Å². The van der Waals surface area contributed by atoms with Gasteiger partial charge in [-0.3, -0.25) is 0 Å². The normalized spacial score (nSPS) is 21.1. The van der Waals surface area contributed by atoms with Crippen molar-refractivity contribution < 1.29 is 24.0 Å². The zero-order chi connectivity index (χ0) is 20.0. The van der Waals surface area contributed by atoms with Gasteiger partial charge in [-0.05, 0) is 12.1 Å². The molecular weight excluding hydrogens is 399 g/mol. The SMILES string of the molecule is [2H]c1nc(Sc2ccc(C3(C(F)(F)F)N=N3)cc2)sc1C1(OC)CCOCC1. The second-order valence-electron chi connectivity index (χ2n) is 6.23. The zero-order valence-corrected chi connectivity index (χ0v) is 15.9. The summed E-state index contributed by atoms with van der Waals surface area (Å²) in [6.07, 6.45) is -3.06. The lowest BCUT2D eigenvalue weighted by molar-refractivity contribution is -0.166. The number of hydrogen-bond acceptors (Lipinski definition) is 7. The molecule has 0 spiro atoms. The quantitative estimate of drug-likeness (QED) is 0.678. The highest BCUT2D eigenvalue weighted by molar-refractivity contribution is 8.01. The van der Waals surface area contributed by atoms with Crippen LogP contribution in [0, 0.1) is 0 Å². The monoisotopic (exact) mass is 416 g/mol. The van der Waals surface area contributed by atoms with Crippen LogP contribution in [-0.2, 0) is 20.7 Å². The van der Waals surface area contributed by atoms with E-state index in [-0.39, 0.29) is 11.7 Å². The summed E-state index contributed by atoms with van der Waals surface area (Å²) in [7, 11) is 1.63. The number of benzene rings is 1. The maximum Gasteiger partial charge on any atom is 0.442 e. The van der Waals surface area contributed by atoms with E-state index in [0.717, 1.165) is 9.77 Å². The van der Waals surface area contributed by atoms with Crippen LogP contribution in [0.15, 0.2) is 49.9 Å². The first-order valence-corrected chi connectivity index (χ1v) is 9.83. The highest BCUT2D eigenvalue weighted by atomic mass is 32.2. The molecule has 2 aliphatic rings. The third kappa shape index (κ3) is 3.39. The predicted molar refractivity (Wildman–Crippen MR) is 94.0 cm³/mol. The molecule has 5 nitrogen and oxygen atoms in total. The third-order valence-electron chi connectivity index (χ3n) is 4.70. The van der Waals surface area contributed by atoms with E-state index < -0.39 is 17.4 Å². The molecule has 144 valence electrons. The van der Waals surface area contributed by atoms with Crippen molar-refractivity contribution in [2.45, 2.75) is 39.5 Å². The smallest absolute Gasteiger partial charge is 0.381 e. The van der Waals surface area contributed by atoms with Gasteiger partial charge in [-0.25, -0.2) is 4.98 Å². The lowest BCUT2D eigenvalue weighted by Gasteiger charge is -2.34. The minimum absolute atomic E-state index is 0.00843. The topological polar surface area (TPSA) is 56.1 Å². The molecule has 0 saturated carbocycles. The van der Waals surface area contributed by atoms with Crippen molar-refractivity contribution in [3.8, 4) is 0 Å². The van der Waals surface area contributed by atoms with E-state index >= 15 is 0 Å². The van der Waals surface area contributed by atoms with Crippen LogP contribution < -0.4 is 0 Å². The minimum atomic E-state index is -4.54. The molecule has 1 aromatic carbocycles. The van der Waals surface area contributed by atoms with Crippen LogP contribution in [0.1, 0.15) is 24.7 Å². The molecule has 0 radical (unpaired) electrons. The van der Waals surface area contributed by atoms with Gasteiger partial charge in [0.05, 0.1) is 6.25 Å². The average molecular weight is 416 g/mol. The number of alkyl halides is 3. The van der Waals surface area contributed by atoms with Crippen LogP contribution in [0.3, 0.4) is 0 Å². The number of methoxy groups -OCH3 is 1. The molecule has 3 heterocycles. The molecule has 0 aliphatic carbocycles. The molecule has 2 aliphatic heterocycles. The van der Waals surface area contributed by atoms with Crippen LogP contribution in [-0.4, -0.2) is 31.5 Å².